The SMILES string of the molecule is C=C[SiH](C=C)c1cc(CC)ccc1C(=O)OOC(=O)OC1CCC(C(C2CCC(OC(=O)OOC(=O)c3ccc(CC)cc3[SiH](C=C)C=C)CC2)(C2CCC(OC(=O)OOC(=O)c3ccc(CC)cc3[SiH](C=C)C=C)CC2)C2CCC(OC(=O)OOC(=O)c3ccc(CC)cc3[SiH](C=C)C=C)CC2)CC1. The van der Waals surface area contributed by atoms with Gasteiger partial charge in [0.25, 0.3) is 0 Å². The largest absolute Gasteiger partial charge is 0.550 e. The van der Waals surface area contributed by atoms with Crippen LogP contribution in [0.4, 0.5) is 19.2 Å². The molecule has 4 aromatic rings. The molecular weight excluding hydrogens is 1410 g/mol. The monoisotopic (exact) mass is 1500 g/mol. The Morgan fingerprint density at radius 1 is 0.305 bits per heavy atom. The summed E-state index contributed by atoms with van der Waals surface area (Å²) in [6.07, 6.45) is 4.00. The molecule has 105 heavy (non-hydrogen) atoms. The van der Waals surface area contributed by atoms with Gasteiger partial charge in [-0.25, -0.2) is 58.3 Å². The Hall–Kier alpha value is -9.37. The molecule has 24 heteroatoms. The molecule has 0 radical (unpaired) electrons. The van der Waals surface area contributed by atoms with Crippen molar-refractivity contribution in [2.45, 2.75) is 181 Å². The molecule has 0 aliphatic heterocycles. The van der Waals surface area contributed by atoms with Crippen molar-refractivity contribution in [3.63, 3.8) is 0 Å². The highest BCUT2D eigenvalue weighted by Crippen LogP contribution is 2.63. The second-order valence-corrected chi connectivity index (χ2v) is 37.7. The van der Waals surface area contributed by atoms with Crippen molar-refractivity contribution < 1.29 is 96.4 Å². The maximum Gasteiger partial charge on any atom is 0.550 e. The highest BCUT2D eigenvalue weighted by Gasteiger charge is 2.57. The van der Waals surface area contributed by atoms with Gasteiger partial charge in [-0.3, -0.25) is 0 Å². The molecule has 0 unspecified atom stereocenters. The van der Waals surface area contributed by atoms with Crippen LogP contribution in [0.1, 0.15) is 194 Å². The van der Waals surface area contributed by atoms with E-state index >= 15 is 0 Å². The lowest BCUT2D eigenvalue weighted by atomic mass is 9.45. The predicted octanol–water partition coefficient (Wildman–Crippen LogP) is 13.7. The first-order valence-corrected chi connectivity index (χ1v) is 44.3. The fourth-order valence-electron chi connectivity index (χ4n) is 16.4. The van der Waals surface area contributed by atoms with Gasteiger partial charge in [0, 0.05) is 0 Å². The van der Waals surface area contributed by atoms with Crippen LogP contribution in [0.5, 0.6) is 0 Å². The Labute approximate surface area is 622 Å². The zero-order valence-corrected chi connectivity index (χ0v) is 65.6. The van der Waals surface area contributed by atoms with E-state index in [9.17, 15) is 38.4 Å². The Bertz CT molecular complexity index is 3310. The van der Waals surface area contributed by atoms with Gasteiger partial charge in [0.15, 0.2) is 0 Å². The van der Waals surface area contributed by atoms with Crippen molar-refractivity contribution in [2.24, 2.45) is 29.1 Å². The van der Waals surface area contributed by atoms with E-state index in [2.05, 4.69) is 52.6 Å². The van der Waals surface area contributed by atoms with Crippen LogP contribution in [0.25, 0.3) is 0 Å². The molecule has 0 amide bonds. The van der Waals surface area contributed by atoms with Crippen LogP contribution in [-0.2, 0) is 83.7 Å². The second kappa shape index (κ2) is 39.7. The molecule has 0 spiro atoms. The smallest absolute Gasteiger partial charge is 0.428 e. The minimum Gasteiger partial charge on any atom is -0.428 e. The molecule has 560 valence electrons. The fraction of sp³-hybridized carbons (Fsp3) is 0.407. The van der Waals surface area contributed by atoms with Gasteiger partial charge < -0.3 is 18.9 Å². The molecule has 4 fully saturated rings. The lowest BCUT2D eigenvalue weighted by Gasteiger charge is -2.60. The summed E-state index contributed by atoms with van der Waals surface area (Å²) in [6, 6.07) is 21.6. The van der Waals surface area contributed by atoms with E-state index in [0.29, 0.717) is 103 Å². The zero-order valence-electron chi connectivity index (χ0n) is 60.9. The normalized spacial score (nSPS) is 20.6. The van der Waals surface area contributed by atoms with E-state index < -0.39 is 114 Å². The Morgan fingerprint density at radius 2 is 0.486 bits per heavy atom. The van der Waals surface area contributed by atoms with Crippen molar-refractivity contribution in [1.29, 1.82) is 0 Å². The van der Waals surface area contributed by atoms with Crippen molar-refractivity contribution in [2.75, 3.05) is 0 Å². The molecule has 20 nitrogen and oxygen atoms in total. The maximum atomic E-state index is 13.6. The van der Waals surface area contributed by atoms with Crippen LogP contribution in [0, 0.1) is 29.1 Å². The molecule has 4 aliphatic carbocycles. The van der Waals surface area contributed by atoms with Crippen molar-refractivity contribution in [3.8, 4) is 0 Å². The summed E-state index contributed by atoms with van der Waals surface area (Å²) in [5, 5.41) is 2.93. The summed E-state index contributed by atoms with van der Waals surface area (Å²) in [5.74, 6) is -3.46. The van der Waals surface area contributed by atoms with E-state index in [-0.39, 0.29) is 45.9 Å². The van der Waals surface area contributed by atoms with E-state index in [0.717, 1.165) is 68.7 Å². The van der Waals surface area contributed by atoms with E-state index in [1.807, 2.05) is 76.2 Å². The number of rotatable bonds is 28. The number of hydrogen-bond acceptors (Lipinski definition) is 20. The molecule has 0 N–H and O–H groups in total. The summed E-state index contributed by atoms with van der Waals surface area (Å²) in [6.45, 7) is 39.7. The molecule has 0 atom stereocenters. The van der Waals surface area contributed by atoms with Gasteiger partial charge in [-0.2, -0.15) is 19.2 Å². The van der Waals surface area contributed by atoms with Crippen LogP contribution in [-0.4, -0.2) is 108 Å². The molecule has 4 aromatic carbocycles. The first kappa shape index (κ1) is 81.3. The molecular formula is C81H100O20Si4. The number of benzene rings is 4. The summed E-state index contributed by atoms with van der Waals surface area (Å²) in [5.41, 5.74) is 18.8. The fourth-order valence-corrected chi connectivity index (χ4v) is 23.1. The van der Waals surface area contributed by atoms with Gasteiger partial charge in [0.2, 0.25) is 0 Å². The number of carbonyl (C=O) groups excluding carboxylic acids is 8. The number of ether oxygens (including phenoxy) is 4. The third kappa shape index (κ3) is 20.6. The molecule has 0 bridgehead atoms. The first-order chi connectivity index (χ1) is 50.8. The van der Waals surface area contributed by atoms with Gasteiger partial charge >= 0.3 is 48.5 Å². The Balaban J connectivity index is 1.02. The Kier molecular flexibility index (Phi) is 30.7. The summed E-state index contributed by atoms with van der Waals surface area (Å²) in [4.78, 5) is 149. The van der Waals surface area contributed by atoms with Crippen LogP contribution in [0.3, 0.4) is 0 Å². The van der Waals surface area contributed by atoms with Gasteiger partial charge in [0.1, 0.15) is 59.6 Å². The van der Waals surface area contributed by atoms with E-state index in [4.69, 9.17) is 58.0 Å². The van der Waals surface area contributed by atoms with Gasteiger partial charge in [-0.05, 0) is 225 Å². The number of hydrogen-bond donors (Lipinski definition) is 0. The third-order valence-corrected chi connectivity index (χ3v) is 30.6. The summed E-state index contributed by atoms with van der Waals surface area (Å²) >= 11 is 0. The highest BCUT2D eigenvalue weighted by molar-refractivity contribution is 6.84. The van der Waals surface area contributed by atoms with Crippen LogP contribution < -0.4 is 20.7 Å². The predicted molar refractivity (Wildman–Crippen MR) is 409 cm³/mol. The minimum atomic E-state index is -1.99. The maximum absolute atomic E-state index is 13.6. The first-order valence-electron chi connectivity index (χ1n) is 36.7. The lowest BCUT2D eigenvalue weighted by molar-refractivity contribution is -0.213. The summed E-state index contributed by atoms with van der Waals surface area (Å²) in [7, 11) is -7.97. The number of carbonyl (C=O) groups is 8. The van der Waals surface area contributed by atoms with Crippen LogP contribution in [0.15, 0.2) is 171 Å². The topological polar surface area (TPSA) is 247 Å². The van der Waals surface area contributed by atoms with Gasteiger partial charge in [0.05, 0.1) is 22.3 Å². The molecule has 8 rings (SSSR count). The quantitative estimate of drug-likeness (QED) is 0.0168. The van der Waals surface area contributed by atoms with Crippen molar-refractivity contribution in [1.82, 2.24) is 0 Å². The molecule has 4 aliphatic rings. The highest BCUT2D eigenvalue weighted by atomic mass is 28.3. The zero-order chi connectivity index (χ0) is 75.7. The van der Waals surface area contributed by atoms with Crippen LogP contribution >= 0.6 is 0 Å². The lowest BCUT2D eigenvalue weighted by Crippen LogP contribution is -2.54. The van der Waals surface area contributed by atoms with Gasteiger partial charge in [-0.1, -0.05) is 122 Å². The second-order valence-electron chi connectivity index (χ2n) is 27.3. The minimum absolute atomic E-state index is 0.00329. The molecule has 4 saturated carbocycles. The molecule has 0 heterocycles. The van der Waals surface area contributed by atoms with Crippen molar-refractivity contribution in [3.05, 3.63) is 216 Å². The van der Waals surface area contributed by atoms with E-state index in [1.54, 1.807) is 69.9 Å². The Morgan fingerprint density at radius 3 is 0.648 bits per heavy atom. The molecule has 0 saturated heterocycles. The average Bonchev–Trinajstić information content (AvgIpc) is 0.731. The summed E-state index contributed by atoms with van der Waals surface area (Å²) < 4.78 is 23.7. The standard InChI is InChI=1S/C81H100O20Si4/c1-13-53-25-45-65(69(49-53)102(17-5)18-6)73(82)94-98-77(86)90-61-37-29-57(30-38-61)81(58-31-39-62(40-32-58)91-78(87)99-95-74(83)66-46-26-54(14-2)50-70(66)103(19-7)20-8,59-33-41-63(42-34-59)92-79(88)100-96-75(84)67-47-27-55(15-3)51-71(67)104(21-9)22-10)60-35-43-64(44-36-60)93-80(89)101-97-76(85)68-48-28-56(16-4)52-72(68)105(23-11)24-12/h17-28,45-52,57-64,102-105H,5-16,29-44H2,1-4H3. The van der Waals surface area contributed by atoms with Gasteiger partial charge in [-0.15, -0.1) is 52.6 Å². The van der Waals surface area contributed by atoms with Crippen molar-refractivity contribution >= 4 is 104 Å². The van der Waals surface area contributed by atoms with E-state index in [1.165, 1.54) is 0 Å². The molecule has 0 aromatic heterocycles. The van der Waals surface area contributed by atoms with Crippen LogP contribution in [0.2, 0.25) is 0 Å². The third-order valence-electron chi connectivity index (χ3n) is 21.8. The average molecular weight is 1510 g/mol. The number of aryl methyl sites for hydroxylation is 4.